The zero-order chi connectivity index (χ0) is 24.9. The molecule has 0 unspecified atom stereocenters. The summed E-state index contributed by atoms with van der Waals surface area (Å²) >= 11 is 0. The highest BCUT2D eigenvalue weighted by molar-refractivity contribution is 5.95. The fourth-order valence-electron chi connectivity index (χ4n) is 4.62. The maximum absolute atomic E-state index is 13.3. The molecule has 0 radical (unpaired) electrons. The van der Waals surface area contributed by atoms with Crippen LogP contribution in [0.15, 0.2) is 48.2 Å². The van der Waals surface area contributed by atoms with Crippen LogP contribution in [0.1, 0.15) is 31.4 Å². The van der Waals surface area contributed by atoms with Gasteiger partial charge in [-0.1, -0.05) is 18.2 Å². The summed E-state index contributed by atoms with van der Waals surface area (Å²) in [7, 11) is 1.59. The van der Waals surface area contributed by atoms with Crippen LogP contribution in [0, 0.1) is 5.92 Å². The molecule has 2 fully saturated rings. The molecule has 0 aromatic heterocycles. The van der Waals surface area contributed by atoms with Gasteiger partial charge >= 0.3 is 12.0 Å². The molecule has 1 aromatic carbocycles. The Labute approximate surface area is 206 Å². The second-order valence-corrected chi connectivity index (χ2v) is 9.01. The lowest BCUT2D eigenvalue weighted by molar-refractivity contribution is -0.139. The van der Waals surface area contributed by atoms with E-state index in [1.807, 2.05) is 17.0 Å². The zero-order valence-corrected chi connectivity index (χ0v) is 20.5. The van der Waals surface area contributed by atoms with Gasteiger partial charge in [-0.3, -0.25) is 14.6 Å². The molecule has 0 spiro atoms. The Hall–Kier alpha value is -3.33. The number of esters is 1. The molecular weight excluding hydrogens is 448 g/mol. The number of piperazine rings is 1. The summed E-state index contributed by atoms with van der Waals surface area (Å²) < 4.78 is 10.7. The Bertz CT molecular complexity index is 993. The number of hydrogen-bond acceptors (Lipinski definition) is 6. The summed E-state index contributed by atoms with van der Waals surface area (Å²) in [6.07, 6.45) is 3.63. The molecule has 4 rings (SSSR count). The molecule has 2 heterocycles. The van der Waals surface area contributed by atoms with Crippen molar-refractivity contribution in [2.24, 2.45) is 5.92 Å². The van der Waals surface area contributed by atoms with Crippen LogP contribution >= 0.6 is 0 Å². The minimum atomic E-state index is -0.652. The minimum absolute atomic E-state index is 0.204. The van der Waals surface area contributed by atoms with Crippen molar-refractivity contribution in [3.05, 3.63) is 53.8 Å². The number of amides is 3. The van der Waals surface area contributed by atoms with Crippen molar-refractivity contribution < 1.29 is 23.9 Å². The number of carbonyl (C=O) groups excluding carboxylic acids is 3. The predicted molar refractivity (Wildman–Crippen MR) is 131 cm³/mol. The molecule has 1 saturated heterocycles. The molecular formula is C26H34N4O5. The van der Waals surface area contributed by atoms with E-state index in [1.54, 1.807) is 37.1 Å². The fourth-order valence-corrected chi connectivity index (χ4v) is 4.62. The Morgan fingerprint density at radius 1 is 1.14 bits per heavy atom. The molecule has 3 aliphatic rings. The Morgan fingerprint density at radius 2 is 1.83 bits per heavy atom. The molecule has 0 bridgehead atoms. The molecule has 9 nitrogen and oxygen atoms in total. The highest BCUT2D eigenvalue weighted by atomic mass is 16.5. The highest BCUT2D eigenvalue weighted by Crippen LogP contribution is 2.34. The highest BCUT2D eigenvalue weighted by Gasteiger charge is 2.39. The van der Waals surface area contributed by atoms with E-state index < -0.39 is 12.0 Å². The zero-order valence-electron chi connectivity index (χ0n) is 20.5. The minimum Gasteiger partial charge on any atom is -0.497 e. The second-order valence-electron chi connectivity index (χ2n) is 9.01. The first-order chi connectivity index (χ1) is 17.0. The van der Waals surface area contributed by atoms with E-state index in [0.717, 1.165) is 18.4 Å². The maximum atomic E-state index is 13.3. The van der Waals surface area contributed by atoms with Gasteiger partial charge in [-0.15, -0.1) is 6.58 Å². The number of methoxy groups -OCH3 is 1. The maximum Gasteiger partial charge on any atom is 0.338 e. The van der Waals surface area contributed by atoms with Crippen LogP contribution in [0.2, 0.25) is 0 Å². The van der Waals surface area contributed by atoms with Gasteiger partial charge < -0.3 is 19.7 Å². The lowest BCUT2D eigenvalue weighted by Crippen LogP contribution is -2.54. The average molecular weight is 483 g/mol. The van der Waals surface area contributed by atoms with Gasteiger partial charge in [0.05, 0.1) is 25.3 Å². The molecule has 9 heteroatoms. The summed E-state index contributed by atoms with van der Waals surface area (Å²) in [6.45, 7) is 9.08. The van der Waals surface area contributed by atoms with Gasteiger partial charge in [0, 0.05) is 50.9 Å². The van der Waals surface area contributed by atoms with Gasteiger partial charge in [0.1, 0.15) is 5.75 Å². The van der Waals surface area contributed by atoms with E-state index in [4.69, 9.17) is 9.47 Å². The smallest absolute Gasteiger partial charge is 0.338 e. The number of benzene rings is 1. The quantitative estimate of drug-likeness (QED) is 0.429. The number of rotatable bonds is 9. The van der Waals surface area contributed by atoms with Crippen LogP contribution in [0.5, 0.6) is 5.75 Å². The van der Waals surface area contributed by atoms with Gasteiger partial charge in [-0.2, -0.15) is 0 Å². The monoisotopic (exact) mass is 482 g/mol. The van der Waals surface area contributed by atoms with Crippen molar-refractivity contribution in [1.82, 2.24) is 20.0 Å². The van der Waals surface area contributed by atoms with Crippen molar-refractivity contribution in [3.8, 4) is 5.75 Å². The first-order valence-corrected chi connectivity index (χ1v) is 12.2. The summed E-state index contributed by atoms with van der Waals surface area (Å²) in [5.41, 5.74) is 1.78. The first kappa shape index (κ1) is 24.8. The van der Waals surface area contributed by atoms with Crippen LogP contribution in [0.25, 0.3) is 0 Å². The Morgan fingerprint density at radius 3 is 2.40 bits per heavy atom. The molecule has 1 saturated carbocycles. The predicted octanol–water partition coefficient (Wildman–Crippen LogP) is 2.32. The number of nitrogens with one attached hydrogen (secondary N) is 1. The molecule has 1 atom stereocenters. The van der Waals surface area contributed by atoms with Crippen molar-refractivity contribution in [2.75, 3.05) is 53.0 Å². The topological polar surface area (TPSA) is 91.4 Å². The normalized spacial score (nSPS) is 21.0. The largest absolute Gasteiger partial charge is 0.497 e. The number of ether oxygens (including phenoxy) is 2. The van der Waals surface area contributed by atoms with E-state index in [2.05, 4.69) is 16.8 Å². The van der Waals surface area contributed by atoms with Gasteiger partial charge in [-0.05, 0) is 37.5 Å². The van der Waals surface area contributed by atoms with Gasteiger partial charge in [-0.25, -0.2) is 9.59 Å². The van der Waals surface area contributed by atoms with E-state index >= 15 is 0 Å². The third-order valence-electron chi connectivity index (χ3n) is 6.68. The van der Waals surface area contributed by atoms with Crippen molar-refractivity contribution >= 4 is 17.9 Å². The van der Waals surface area contributed by atoms with Crippen LogP contribution in [-0.4, -0.2) is 85.6 Å². The SMILES string of the molecule is C=CCN1C(=O)N[C@@H](c2ccc(OC)cc2)C(C(=O)OCC)=C1CN1CCN(C(=O)C2CC2)CC1. The van der Waals surface area contributed by atoms with Gasteiger partial charge in [0.25, 0.3) is 0 Å². The van der Waals surface area contributed by atoms with Crippen molar-refractivity contribution in [1.29, 1.82) is 0 Å². The first-order valence-electron chi connectivity index (χ1n) is 12.2. The van der Waals surface area contributed by atoms with Crippen LogP contribution in [-0.2, 0) is 14.3 Å². The van der Waals surface area contributed by atoms with E-state index in [1.165, 1.54) is 0 Å². The summed E-state index contributed by atoms with van der Waals surface area (Å²) in [5.74, 6) is 0.681. The number of hydrogen-bond donors (Lipinski definition) is 1. The lowest BCUT2D eigenvalue weighted by Gasteiger charge is -2.40. The Balaban J connectivity index is 1.65. The molecule has 35 heavy (non-hydrogen) atoms. The van der Waals surface area contributed by atoms with Crippen LogP contribution < -0.4 is 10.1 Å². The fraction of sp³-hybridized carbons (Fsp3) is 0.500. The lowest BCUT2D eigenvalue weighted by atomic mass is 9.94. The second kappa shape index (κ2) is 10.9. The van der Waals surface area contributed by atoms with E-state index in [9.17, 15) is 14.4 Å². The van der Waals surface area contributed by atoms with Gasteiger partial charge in [0.15, 0.2) is 0 Å². The number of carbonyl (C=O) groups is 3. The standard InChI is InChI=1S/C26H34N4O5/c1-4-12-30-21(17-28-13-15-29(16-14-28)24(31)19-6-7-19)22(25(32)35-5-2)23(27-26(30)33)18-8-10-20(34-3)11-9-18/h4,8-11,19,23H,1,5-7,12-17H2,2-3H3,(H,27,33)/t23-/m0/s1. The summed E-state index contributed by atoms with van der Waals surface area (Å²) in [4.78, 5) is 44.6. The van der Waals surface area contributed by atoms with Gasteiger partial charge in [0.2, 0.25) is 5.91 Å². The third-order valence-corrected chi connectivity index (χ3v) is 6.68. The number of nitrogens with zero attached hydrogens (tertiary/aromatic N) is 3. The molecule has 2 aliphatic heterocycles. The number of urea groups is 1. The van der Waals surface area contributed by atoms with E-state index in [-0.39, 0.29) is 31.0 Å². The van der Waals surface area contributed by atoms with Crippen LogP contribution in [0.4, 0.5) is 4.79 Å². The van der Waals surface area contributed by atoms with Crippen LogP contribution in [0.3, 0.4) is 0 Å². The van der Waals surface area contributed by atoms with Crippen molar-refractivity contribution in [2.45, 2.75) is 25.8 Å². The van der Waals surface area contributed by atoms with Crippen molar-refractivity contribution in [3.63, 3.8) is 0 Å². The molecule has 188 valence electrons. The Kier molecular flexibility index (Phi) is 7.75. The molecule has 1 aromatic rings. The summed E-state index contributed by atoms with van der Waals surface area (Å²) in [6, 6.07) is 6.34. The average Bonchev–Trinajstić information content (AvgIpc) is 3.72. The van der Waals surface area contributed by atoms with E-state index in [0.29, 0.717) is 49.7 Å². The molecule has 1 N–H and O–H groups in total. The summed E-state index contributed by atoms with van der Waals surface area (Å²) in [5, 5.41) is 2.97. The third kappa shape index (κ3) is 5.51. The molecule has 1 aliphatic carbocycles. The molecule has 3 amide bonds.